The van der Waals surface area contributed by atoms with Crippen LogP contribution >= 0.6 is 0 Å². The van der Waals surface area contributed by atoms with Crippen LogP contribution in [0.15, 0.2) is 24.7 Å². The molecule has 0 spiro atoms. The standard InChI is InChI=1S/C17H26N4O3S/c1-16(2,3)24-15(22)20-12-7-8-14-13(18-11-21(14)10-12)9-19-25(23)17(4,5)6/h7-8,10-11,19H,9H2,1-6H3,(H,20,22). The molecular weight excluding hydrogens is 340 g/mol. The van der Waals surface area contributed by atoms with Gasteiger partial charge in [0.15, 0.2) is 0 Å². The highest BCUT2D eigenvalue weighted by molar-refractivity contribution is 7.84. The fourth-order valence-electron chi connectivity index (χ4n) is 2.04. The Labute approximate surface area is 150 Å². The highest BCUT2D eigenvalue weighted by Crippen LogP contribution is 2.17. The number of pyridine rings is 1. The van der Waals surface area contributed by atoms with Gasteiger partial charge < -0.3 is 9.14 Å². The van der Waals surface area contributed by atoms with Crippen molar-refractivity contribution in [3.8, 4) is 0 Å². The highest BCUT2D eigenvalue weighted by atomic mass is 32.2. The zero-order valence-electron chi connectivity index (χ0n) is 15.5. The SMILES string of the molecule is CC(C)(C)OC(=O)Nc1ccc2c(CNS(=O)C(C)(C)C)ncn2c1. The molecule has 2 aromatic heterocycles. The molecule has 2 heterocycles. The fourth-order valence-corrected chi connectivity index (χ4v) is 2.74. The van der Waals surface area contributed by atoms with Crippen LogP contribution in [0.5, 0.6) is 0 Å². The number of amides is 1. The van der Waals surface area contributed by atoms with Gasteiger partial charge in [-0.25, -0.2) is 18.7 Å². The molecule has 0 radical (unpaired) electrons. The average molecular weight is 366 g/mol. The lowest BCUT2D eigenvalue weighted by Crippen LogP contribution is -2.33. The molecule has 0 bridgehead atoms. The van der Waals surface area contributed by atoms with Gasteiger partial charge in [0.2, 0.25) is 0 Å². The fraction of sp³-hybridized carbons (Fsp3) is 0.529. The molecule has 138 valence electrons. The van der Waals surface area contributed by atoms with Crippen molar-refractivity contribution in [3.05, 3.63) is 30.4 Å². The molecule has 1 amide bonds. The Balaban J connectivity index is 2.08. The van der Waals surface area contributed by atoms with E-state index in [-0.39, 0.29) is 4.75 Å². The summed E-state index contributed by atoms with van der Waals surface area (Å²) in [4.78, 5) is 16.2. The zero-order valence-corrected chi connectivity index (χ0v) is 16.4. The van der Waals surface area contributed by atoms with Crippen LogP contribution in [0.3, 0.4) is 0 Å². The van der Waals surface area contributed by atoms with Gasteiger partial charge in [-0.3, -0.25) is 5.32 Å². The van der Waals surface area contributed by atoms with Gasteiger partial charge in [-0.05, 0) is 53.7 Å². The number of hydrogen-bond donors (Lipinski definition) is 2. The first kappa shape index (κ1) is 19.4. The van der Waals surface area contributed by atoms with Crippen LogP contribution in [0.25, 0.3) is 5.52 Å². The van der Waals surface area contributed by atoms with E-state index in [1.54, 1.807) is 18.6 Å². The van der Waals surface area contributed by atoms with E-state index < -0.39 is 22.7 Å². The van der Waals surface area contributed by atoms with Crippen molar-refractivity contribution in [1.82, 2.24) is 14.1 Å². The molecular formula is C17H26N4O3S. The third kappa shape index (κ3) is 5.54. The van der Waals surface area contributed by atoms with Gasteiger partial charge in [0.1, 0.15) is 5.60 Å². The first-order valence-electron chi connectivity index (χ1n) is 8.07. The van der Waals surface area contributed by atoms with Crippen LogP contribution in [0, 0.1) is 0 Å². The van der Waals surface area contributed by atoms with E-state index >= 15 is 0 Å². The average Bonchev–Trinajstić information content (AvgIpc) is 2.83. The van der Waals surface area contributed by atoms with Crippen molar-refractivity contribution in [3.63, 3.8) is 0 Å². The van der Waals surface area contributed by atoms with Crippen LogP contribution < -0.4 is 10.0 Å². The summed E-state index contributed by atoms with van der Waals surface area (Å²) in [7, 11) is -1.16. The van der Waals surface area contributed by atoms with Crippen molar-refractivity contribution < 1.29 is 13.7 Å². The molecule has 7 nitrogen and oxygen atoms in total. The molecule has 1 unspecified atom stereocenters. The number of imidazole rings is 1. The molecule has 25 heavy (non-hydrogen) atoms. The smallest absolute Gasteiger partial charge is 0.412 e. The summed E-state index contributed by atoms with van der Waals surface area (Å²) in [5.41, 5.74) is 1.73. The van der Waals surface area contributed by atoms with Crippen molar-refractivity contribution in [2.24, 2.45) is 0 Å². The van der Waals surface area contributed by atoms with Crippen LogP contribution in [0.2, 0.25) is 0 Å². The summed E-state index contributed by atoms with van der Waals surface area (Å²) in [6, 6.07) is 3.64. The normalized spacial score (nSPS) is 13.7. The summed E-state index contributed by atoms with van der Waals surface area (Å²) in [5.74, 6) is 0. The number of carbonyl (C=O) groups is 1. The van der Waals surface area contributed by atoms with Crippen LogP contribution in [-0.4, -0.2) is 30.0 Å². The molecule has 2 rings (SSSR count). The predicted octanol–water partition coefficient (Wildman–Crippen LogP) is 3.23. The van der Waals surface area contributed by atoms with Crippen LogP contribution in [0.1, 0.15) is 47.2 Å². The number of anilines is 1. The minimum Gasteiger partial charge on any atom is -0.444 e. The van der Waals surface area contributed by atoms with E-state index in [2.05, 4.69) is 15.0 Å². The summed E-state index contributed by atoms with van der Waals surface area (Å²) in [6.45, 7) is 11.6. The second-order valence-corrected chi connectivity index (χ2v) is 9.78. The number of carbonyl (C=O) groups excluding carboxylic acids is 1. The van der Waals surface area contributed by atoms with E-state index in [0.29, 0.717) is 12.2 Å². The molecule has 0 saturated heterocycles. The summed E-state index contributed by atoms with van der Waals surface area (Å²) in [5, 5.41) is 2.70. The van der Waals surface area contributed by atoms with Crippen molar-refractivity contribution in [2.45, 2.75) is 58.4 Å². The Morgan fingerprint density at radius 2 is 1.92 bits per heavy atom. The Morgan fingerprint density at radius 1 is 1.24 bits per heavy atom. The van der Waals surface area contributed by atoms with Crippen LogP contribution in [-0.2, 0) is 22.3 Å². The number of ether oxygens (including phenoxy) is 1. The second kappa shape index (κ2) is 7.13. The number of rotatable bonds is 4. The Hall–Kier alpha value is -1.93. The first-order valence-corrected chi connectivity index (χ1v) is 9.22. The quantitative estimate of drug-likeness (QED) is 0.870. The molecule has 0 aliphatic carbocycles. The third-order valence-corrected chi connectivity index (χ3v) is 4.70. The number of aromatic nitrogens is 2. The molecule has 1 atom stereocenters. The number of nitrogens with zero attached hydrogens (tertiary/aromatic N) is 2. The maximum atomic E-state index is 12.1. The van der Waals surface area contributed by atoms with E-state index in [9.17, 15) is 9.00 Å². The molecule has 2 aromatic rings. The molecule has 0 saturated carbocycles. The third-order valence-electron chi connectivity index (χ3n) is 3.18. The first-order chi connectivity index (χ1) is 11.5. The van der Waals surface area contributed by atoms with Gasteiger partial charge in [0.05, 0.1) is 45.5 Å². The van der Waals surface area contributed by atoms with Crippen molar-refractivity contribution >= 4 is 28.3 Å². The lowest BCUT2D eigenvalue weighted by Gasteiger charge is -2.19. The van der Waals surface area contributed by atoms with Crippen molar-refractivity contribution in [1.29, 1.82) is 0 Å². The lowest BCUT2D eigenvalue weighted by molar-refractivity contribution is 0.0636. The number of fused-ring (bicyclic) bond motifs is 1. The molecule has 2 N–H and O–H groups in total. The van der Waals surface area contributed by atoms with Gasteiger partial charge in [0.25, 0.3) is 0 Å². The largest absolute Gasteiger partial charge is 0.444 e. The van der Waals surface area contributed by atoms with E-state index in [1.165, 1.54) is 0 Å². The summed E-state index contributed by atoms with van der Waals surface area (Å²) < 4.78 is 21.8. The number of hydrogen-bond acceptors (Lipinski definition) is 4. The van der Waals surface area contributed by atoms with E-state index in [4.69, 9.17) is 4.74 Å². The minimum atomic E-state index is -1.16. The molecule has 0 aromatic carbocycles. The Bertz CT molecular complexity index is 787. The maximum absolute atomic E-state index is 12.1. The van der Waals surface area contributed by atoms with E-state index in [1.807, 2.05) is 52.0 Å². The van der Waals surface area contributed by atoms with Crippen LogP contribution in [0.4, 0.5) is 10.5 Å². The Morgan fingerprint density at radius 3 is 2.52 bits per heavy atom. The second-order valence-electron chi connectivity index (χ2n) is 7.73. The molecule has 0 fully saturated rings. The molecule has 0 aliphatic heterocycles. The Kier molecular flexibility index (Phi) is 5.53. The minimum absolute atomic E-state index is 0.333. The summed E-state index contributed by atoms with van der Waals surface area (Å²) in [6.07, 6.45) is 2.91. The molecule has 0 aliphatic rings. The maximum Gasteiger partial charge on any atom is 0.412 e. The predicted molar refractivity (Wildman–Crippen MR) is 99.8 cm³/mol. The topological polar surface area (TPSA) is 84.7 Å². The monoisotopic (exact) mass is 366 g/mol. The lowest BCUT2D eigenvalue weighted by atomic mass is 10.2. The van der Waals surface area contributed by atoms with Gasteiger partial charge in [-0.2, -0.15) is 0 Å². The number of nitrogens with one attached hydrogen (secondary N) is 2. The van der Waals surface area contributed by atoms with Gasteiger partial charge in [0, 0.05) is 6.20 Å². The zero-order chi connectivity index (χ0) is 18.8. The van der Waals surface area contributed by atoms with Gasteiger partial charge >= 0.3 is 6.09 Å². The molecule has 8 heteroatoms. The van der Waals surface area contributed by atoms with E-state index in [0.717, 1.165) is 11.2 Å². The summed E-state index contributed by atoms with van der Waals surface area (Å²) >= 11 is 0. The highest BCUT2D eigenvalue weighted by Gasteiger charge is 2.20. The van der Waals surface area contributed by atoms with Gasteiger partial charge in [-0.1, -0.05) is 0 Å². The van der Waals surface area contributed by atoms with Gasteiger partial charge in [-0.15, -0.1) is 0 Å². The van der Waals surface area contributed by atoms with Crippen molar-refractivity contribution in [2.75, 3.05) is 5.32 Å².